The van der Waals surface area contributed by atoms with Crippen molar-refractivity contribution in [3.05, 3.63) is 56.7 Å². The van der Waals surface area contributed by atoms with Crippen molar-refractivity contribution in [2.75, 3.05) is 0 Å². The zero-order valence-corrected chi connectivity index (χ0v) is 15.9. The summed E-state index contributed by atoms with van der Waals surface area (Å²) in [5.41, 5.74) is 2.03. The molecule has 1 aromatic carbocycles. The normalized spacial score (nSPS) is 14.5. The second kappa shape index (κ2) is 6.89. The summed E-state index contributed by atoms with van der Waals surface area (Å²) in [4.78, 5) is 31.1. The van der Waals surface area contributed by atoms with Gasteiger partial charge in [0.25, 0.3) is 5.56 Å². The van der Waals surface area contributed by atoms with Gasteiger partial charge in [-0.2, -0.15) is 0 Å². The van der Waals surface area contributed by atoms with Gasteiger partial charge in [0.05, 0.1) is 17.9 Å². The lowest BCUT2D eigenvalue weighted by atomic mass is 10.2. The lowest BCUT2D eigenvalue weighted by Crippen LogP contribution is -2.32. The number of carboxylic acids is 1. The van der Waals surface area contributed by atoms with Gasteiger partial charge in [-0.15, -0.1) is 11.3 Å². The van der Waals surface area contributed by atoms with Crippen LogP contribution in [0, 0.1) is 0 Å². The van der Waals surface area contributed by atoms with Crippen molar-refractivity contribution in [2.24, 2.45) is 0 Å². The molecule has 0 amide bonds. The number of nitrogens with zero attached hydrogens (tertiary/aromatic N) is 2. The molecule has 0 radical (unpaired) electrons. The minimum Gasteiger partial charge on any atom is -0.549 e. The third-order valence-electron chi connectivity index (χ3n) is 4.59. The number of aliphatic carboxylic acids is 1. The van der Waals surface area contributed by atoms with E-state index in [2.05, 4.69) is 4.98 Å². The molecular formula is C19H17N2O3S2-. The van der Waals surface area contributed by atoms with Gasteiger partial charge >= 0.3 is 0 Å². The van der Waals surface area contributed by atoms with Crippen LogP contribution < -0.4 is 10.7 Å². The van der Waals surface area contributed by atoms with Crippen LogP contribution in [-0.2, 0) is 24.2 Å². The zero-order chi connectivity index (χ0) is 18.3. The van der Waals surface area contributed by atoms with E-state index in [1.165, 1.54) is 4.88 Å². The van der Waals surface area contributed by atoms with Crippen molar-refractivity contribution in [1.82, 2.24) is 9.55 Å². The van der Waals surface area contributed by atoms with Gasteiger partial charge < -0.3 is 9.90 Å². The molecule has 0 unspecified atom stereocenters. The van der Waals surface area contributed by atoms with Crippen LogP contribution in [0.15, 0.2) is 40.3 Å². The first-order valence-corrected chi connectivity index (χ1v) is 10.2. The summed E-state index contributed by atoms with van der Waals surface area (Å²) < 4.78 is 1.60. The van der Waals surface area contributed by atoms with E-state index in [0.29, 0.717) is 17.1 Å². The summed E-state index contributed by atoms with van der Waals surface area (Å²) >= 11 is 2.63. The second-order valence-electron chi connectivity index (χ2n) is 6.39. The van der Waals surface area contributed by atoms with E-state index in [9.17, 15) is 14.7 Å². The highest BCUT2D eigenvalue weighted by Gasteiger charge is 2.24. The molecule has 0 N–H and O–H groups in total. The number of thioether (sulfide) groups is 1. The van der Waals surface area contributed by atoms with Gasteiger partial charge in [0.15, 0.2) is 5.16 Å². The average Bonchev–Trinajstić information content (AvgIpc) is 3.19. The Morgan fingerprint density at radius 3 is 2.85 bits per heavy atom. The molecule has 1 aliphatic rings. The third-order valence-corrected chi connectivity index (χ3v) is 6.84. The standard InChI is InChI=1S/C19H18N2O3S2/c1-11(18(23)24)25-19-20-16-15(13-8-5-9-14(13)26-16)17(22)21(19)10-12-6-3-2-4-7-12/h2-4,6-7,11H,5,8-10H2,1H3,(H,23,24)/p-1/t11-/m1/s1. The molecule has 2 heterocycles. The van der Waals surface area contributed by atoms with E-state index in [-0.39, 0.29) is 5.56 Å². The number of benzene rings is 1. The fraction of sp³-hybridized carbons (Fsp3) is 0.316. The zero-order valence-electron chi connectivity index (χ0n) is 14.2. The van der Waals surface area contributed by atoms with Gasteiger partial charge in [-0.25, -0.2) is 4.98 Å². The number of rotatable bonds is 5. The Hall–Kier alpha value is -2.12. The molecule has 5 nitrogen and oxygen atoms in total. The molecule has 3 aromatic rings. The maximum absolute atomic E-state index is 13.3. The van der Waals surface area contributed by atoms with Gasteiger partial charge in [-0.3, -0.25) is 9.36 Å². The summed E-state index contributed by atoms with van der Waals surface area (Å²) in [6, 6.07) is 9.67. The van der Waals surface area contributed by atoms with E-state index < -0.39 is 11.2 Å². The number of thiophene rings is 1. The van der Waals surface area contributed by atoms with Crippen molar-refractivity contribution in [3.8, 4) is 0 Å². The summed E-state index contributed by atoms with van der Waals surface area (Å²) in [6.45, 7) is 1.92. The van der Waals surface area contributed by atoms with E-state index >= 15 is 0 Å². The quantitative estimate of drug-likeness (QED) is 0.497. The lowest BCUT2D eigenvalue weighted by molar-refractivity contribution is -0.304. The first kappa shape index (κ1) is 17.3. The number of aryl methyl sites for hydroxylation is 2. The van der Waals surface area contributed by atoms with E-state index in [1.807, 2.05) is 30.3 Å². The van der Waals surface area contributed by atoms with Crippen molar-refractivity contribution >= 4 is 39.3 Å². The highest BCUT2D eigenvalue weighted by atomic mass is 32.2. The molecule has 0 fully saturated rings. The maximum Gasteiger partial charge on any atom is 0.263 e. The molecule has 0 saturated heterocycles. The third kappa shape index (κ3) is 3.05. The summed E-state index contributed by atoms with van der Waals surface area (Å²) in [6.07, 6.45) is 2.99. The van der Waals surface area contributed by atoms with Crippen molar-refractivity contribution in [1.29, 1.82) is 0 Å². The SMILES string of the molecule is C[C@@H](Sc1nc2sc3c(c2c(=O)n1Cc1ccccc1)CCC3)C(=O)[O-]. The van der Waals surface area contributed by atoms with Gasteiger partial charge in [0, 0.05) is 10.1 Å². The summed E-state index contributed by atoms with van der Waals surface area (Å²) in [7, 11) is 0. The molecule has 1 atom stereocenters. The van der Waals surface area contributed by atoms with Crippen molar-refractivity contribution in [3.63, 3.8) is 0 Å². The van der Waals surface area contributed by atoms with Crippen molar-refractivity contribution < 1.29 is 9.90 Å². The molecule has 0 bridgehead atoms. The number of carbonyl (C=O) groups is 1. The fourth-order valence-electron chi connectivity index (χ4n) is 3.26. The molecule has 0 saturated carbocycles. The molecule has 26 heavy (non-hydrogen) atoms. The maximum atomic E-state index is 13.3. The number of carbonyl (C=O) groups excluding carboxylic acids is 1. The fourth-order valence-corrected chi connectivity index (χ4v) is 5.40. The minimum absolute atomic E-state index is 0.0775. The van der Waals surface area contributed by atoms with Gasteiger partial charge in [0.2, 0.25) is 0 Å². The average molecular weight is 385 g/mol. The van der Waals surface area contributed by atoms with Crippen molar-refractivity contribution in [2.45, 2.75) is 43.1 Å². The molecule has 2 aromatic heterocycles. The molecule has 7 heteroatoms. The highest BCUT2D eigenvalue weighted by Crippen LogP contribution is 2.36. The van der Waals surface area contributed by atoms with Gasteiger partial charge in [-0.05, 0) is 37.3 Å². The van der Waals surface area contributed by atoms with E-state index in [1.54, 1.807) is 22.8 Å². The molecule has 1 aliphatic carbocycles. The van der Waals surface area contributed by atoms with Crippen LogP contribution in [0.5, 0.6) is 0 Å². The molecular weight excluding hydrogens is 368 g/mol. The first-order chi connectivity index (χ1) is 12.5. The summed E-state index contributed by atoms with van der Waals surface area (Å²) in [5, 5.41) is 11.6. The largest absolute Gasteiger partial charge is 0.549 e. The van der Waals surface area contributed by atoms with Crippen LogP contribution in [0.3, 0.4) is 0 Å². The second-order valence-corrected chi connectivity index (χ2v) is 8.78. The monoisotopic (exact) mass is 385 g/mol. The van der Waals surface area contributed by atoms with Gasteiger partial charge in [-0.1, -0.05) is 42.1 Å². The Balaban J connectivity index is 1.88. The predicted molar refractivity (Wildman–Crippen MR) is 102 cm³/mol. The summed E-state index contributed by atoms with van der Waals surface area (Å²) in [5.74, 6) is -1.16. The van der Waals surface area contributed by atoms with Crippen LogP contribution in [0.25, 0.3) is 10.2 Å². The first-order valence-electron chi connectivity index (χ1n) is 8.51. The lowest BCUT2D eigenvalue weighted by Gasteiger charge is -2.16. The van der Waals surface area contributed by atoms with Crippen LogP contribution in [0.4, 0.5) is 0 Å². The van der Waals surface area contributed by atoms with Crippen LogP contribution in [0.1, 0.15) is 29.3 Å². The Bertz CT molecular complexity index is 1040. The number of carboxylic acid groups (broad SMARTS) is 1. The smallest absolute Gasteiger partial charge is 0.263 e. The van der Waals surface area contributed by atoms with Crippen LogP contribution >= 0.6 is 23.1 Å². The molecule has 0 aliphatic heterocycles. The number of hydrogen-bond acceptors (Lipinski definition) is 6. The topological polar surface area (TPSA) is 75.0 Å². The molecule has 134 valence electrons. The molecule has 4 rings (SSSR count). The van der Waals surface area contributed by atoms with Crippen LogP contribution in [0.2, 0.25) is 0 Å². The minimum atomic E-state index is -1.16. The number of aromatic nitrogens is 2. The van der Waals surface area contributed by atoms with E-state index in [4.69, 9.17) is 0 Å². The Morgan fingerprint density at radius 2 is 2.12 bits per heavy atom. The van der Waals surface area contributed by atoms with Crippen LogP contribution in [-0.4, -0.2) is 20.8 Å². The Morgan fingerprint density at radius 1 is 1.35 bits per heavy atom. The Labute approximate surface area is 158 Å². The number of fused-ring (bicyclic) bond motifs is 3. The Kier molecular flexibility index (Phi) is 4.58. The highest BCUT2D eigenvalue weighted by molar-refractivity contribution is 8.00. The van der Waals surface area contributed by atoms with E-state index in [0.717, 1.165) is 47.0 Å². The molecule has 0 spiro atoms. The predicted octanol–water partition coefficient (Wildman–Crippen LogP) is 2.23. The van der Waals surface area contributed by atoms with Gasteiger partial charge in [0.1, 0.15) is 4.83 Å². The number of hydrogen-bond donors (Lipinski definition) is 0.